The second kappa shape index (κ2) is 6.47. The van der Waals surface area contributed by atoms with E-state index in [2.05, 4.69) is 10.3 Å². The smallest absolute Gasteiger partial charge is 0.0959 e. The molecule has 1 aliphatic rings. The fraction of sp³-hybridized carbons (Fsp3) is 0.769. The van der Waals surface area contributed by atoms with Crippen molar-refractivity contribution in [2.75, 3.05) is 13.2 Å². The van der Waals surface area contributed by atoms with E-state index in [0.717, 1.165) is 19.0 Å². The summed E-state index contributed by atoms with van der Waals surface area (Å²) in [4.78, 5) is 5.86. The molecule has 1 heterocycles. The van der Waals surface area contributed by atoms with Gasteiger partial charge in [-0.05, 0) is 18.8 Å². The molecule has 1 atom stereocenters. The van der Waals surface area contributed by atoms with E-state index >= 15 is 0 Å². The van der Waals surface area contributed by atoms with Crippen molar-refractivity contribution in [1.82, 2.24) is 10.3 Å². The van der Waals surface area contributed by atoms with Gasteiger partial charge in [0.15, 0.2) is 0 Å². The largest absolute Gasteiger partial charge is 0.396 e. The van der Waals surface area contributed by atoms with E-state index < -0.39 is 0 Å². The molecule has 0 saturated heterocycles. The molecule has 1 aromatic rings. The SMILES string of the molecule is CC(CO)CNCc1cnc(C2CCCC2)s1. The second-order valence-electron chi connectivity index (χ2n) is 5.06. The summed E-state index contributed by atoms with van der Waals surface area (Å²) in [6, 6.07) is 0. The minimum absolute atomic E-state index is 0.253. The summed E-state index contributed by atoms with van der Waals surface area (Å²) < 4.78 is 0. The molecule has 1 aliphatic carbocycles. The molecule has 4 heteroatoms. The maximum atomic E-state index is 8.93. The van der Waals surface area contributed by atoms with E-state index in [-0.39, 0.29) is 6.61 Å². The molecule has 2 N–H and O–H groups in total. The Kier molecular flexibility index (Phi) is 4.95. The zero-order valence-electron chi connectivity index (χ0n) is 10.5. The van der Waals surface area contributed by atoms with Crippen LogP contribution in [-0.2, 0) is 6.54 Å². The third kappa shape index (κ3) is 3.76. The molecule has 1 fully saturated rings. The molecular formula is C13H22N2OS. The Hall–Kier alpha value is -0.450. The number of aliphatic hydroxyl groups is 1. The molecule has 3 nitrogen and oxygen atoms in total. The highest BCUT2D eigenvalue weighted by molar-refractivity contribution is 7.11. The Morgan fingerprint density at radius 2 is 2.29 bits per heavy atom. The maximum Gasteiger partial charge on any atom is 0.0959 e. The zero-order valence-corrected chi connectivity index (χ0v) is 11.3. The predicted octanol–water partition coefficient (Wildman–Crippen LogP) is 2.52. The van der Waals surface area contributed by atoms with E-state index in [1.165, 1.54) is 35.6 Å². The van der Waals surface area contributed by atoms with Crippen LogP contribution < -0.4 is 5.32 Å². The second-order valence-corrected chi connectivity index (χ2v) is 6.21. The van der Waals surface area contributed by atoms with Crippen molar-refractivity contribution in [2.45, 2.75) is 45.1 Å². The van der Waals surface area contributed by atoms with Crippen LogP contribution >= 0.6 is 11.3 Å². The van der Waals surface area contributed by atoms with Crippen molar-refractivity contribution in [3.63, 3.8) is 0 Å². The number of rotatable bonds is 6. The summed E-state index contributed by atoms with van der Waals surface area (Å²) in [7, 11) is 0. The molecule has 0 spiro atoms. The van der Waals surface area contributed by atoms with Gasteiger partial charge in [-0.25, -0.2) is 4.98 Å². The Bertz CT molecular complexity index is 334. The van der Waals surface area contributed by atoms with E-state index in [1.807, 2.05) is 24.5 Å². The molecule has 0 aliphatic heterocycles. The Morgan fingerprint density at radius 3 is 3.00 bits per heavy atom. The van der Waals surface area contributed by atoms with Crippen LogP contribution in [0.15, 0.2) is 6.20 Å². The van der Waals surface area contributed by atoms with Crippen molar-refractivity contribution in [1.29, 1.82) is 0 Å². The number of nitrogens with one attached hydrogen (secondary N) is 1. The first-order chi connectivity index (χ1) is 8.29. The lowest BCUT2D eigenvalue weighted by Crippen LogP contribution is -2.22. The van der Waals surface area contributed by atoms with Gasteiger partial charge in [-0.1, -0.05) is 19.8 Å². The lowest BCUT2D eigenvalue weighted by Gasteiger charge is -2.07. The molecule has 17 heavy (non-hydrogen) atoms. The molecule has 96 valence electrons. The van der Waals surface area contributed by atoms with Crippen molar-refractivity contribution in [2.24, 2.45) is 5.92 Å². The monoisotopic (exact) mass is 254 g/mol. The van der Waals surface area contributed by atoms with Gasteiger partial charge in [0, 0.05) is 36.7 Å². The van der Waals surface area contributed by atoms with Gasteiger partial charge in [0.1, 0.15) is 0 Å². The van der Waals surface area contributed by atoms with Gasteiger partial charge < -0.3 is 10.4 Å². The number of aromatic nitrogens is 1. The minimum atomic E-state index is 0.253. The van der Waals surface area contributed by atoms with Crippen LogP contribution in [0.4, 0.5) is 0 Å². The zero-order chi connectivity index (χ0) is 12.1. The average molecular weight is 254 g/mol. The van der Waals surface area contributed by atoms with Crippen LogP contribution in [0.5, 0.6) is 0 Å². The molecular weight excluding hydrogens is 232 g/mol. The Labute approximate surface area is 107 Å². The molecule has 0 radical (unpaired) electrons. The van der Waals surface area contributed by atoms with Crippen molar-refractivity contribution < 1.29 is 5.11 Å². The van der Waals surface area contributed by atoms with Crippen molar-refractivity contribution in [3.05, 3.63) is 16.1 Å². The number of nitrogens with zero attached hydrogens (tertiary/aromatic N) is 1. The first kappa shape index (κ1) is 13.0. The molecule has 2 rings (SSSR count). The Morgan fingerprint density at radius 1 is 1.53 bits per heavy atom. The first-order valence-electron chi connectivity index (χ1n) is 6.55. The summed E-state index contributed by atoms with van der Waals surface area (Å²) in [5.41, 5.74) is 0. The van der Waals surface area contributed by atoms with E-state index in [0.29, 0.717) is 5.92 Å². The van der Waals surface area contributed by atoms with Gasteiger partial charge in [-0.2, -0.15) is 0 Å². The number of thiazole rings is 1. The lowest BCUT2D eigenvalue weighted by molar-refractivity contribution is 0.233. The predicted molar refractivity (Wildman–Crippen MR) is 71.3 cm³/mol. The van der Waals surface area contributed by atoms with Gasteiger partial charge in [0.05, 0.1) is 5.01 Å². The van der Waals surface area contributed by atoms with Crippen LogP contribution in [0, 0.1) is 5.92 Å². The van der Waals surface area contributed by atoms with Crippen molar-refractivity contribution in [3.8, 4) is 0 Å². The lowest BCUT2D eigenvalue weighted by atomic mass is 10.1. The number of hydrogen-bond acceptors (Lipinski definition) is 4. The van der Waals surface area contributed by atoms with Crippen LogP contribution in [0.1, 0.15) is 48.4 Å². The summed E-state index contributed by atoms with van der Waals surface area (Å²) in [5, 5.41) is 13.6. The highest BCUT2D eigenvalue weighted by atomic mass is 32.1. The van der Waals surface area contributed by atoms with Crippen LogP contribution in [-0.4, -0.2) is 23.2 Å². The summed E-state index contributed by atoms with van der Waals surface area (Å²) in [6.45, 7) is 4.05. The molecule has 0 aromatic carbocycles. The van der Waals surface area contributed by atoms with Gasteiger partial charge in [-0.15, -0.1) is 11.3 Å². The van der Waals surface area contributed by atoms with Gasteiger partial charge in [-0.3, -0.25) is 0 Å². The third-order valence-electron chi connectivity index (χ3n) is 3.38. The molecule has 0 amide bonds. The summed E-state index contributed by atoms with van der Waals surface area (Å²) in [5.74, 6) is 1.06. The maximum absolute atomic E-state index is 8.93. The molecule has 1 aromatic heterocycles. The van der Waals surface area contributed by atoms with Gasteiger partial charge in [0.25, 0.3) is 0 Å². The van der Waals surface area contributed by atoms with Gasteiger partial charge >= 0.3 is 0 Å². The quantitative estimate of drug-likeness (QED) is 0.820. The Balaban J connectivity index is 1.77. The third-order valence-corrected chi connectivity index (χ3v) is 4.54. The minimum Gasteiger partial charge on any atom is -0.396 e. The highest BCUT2D eigenvalue weighted by Gasteiger charge is 2.19. The topological polar surface area (TPSA) is 45.1 Å². The molecule has 0 bridgehead atoms. The standard InChI is InChI=1S/C13H22N2OS/c1-10(9-16)6-14-7-12-8-15-13(17-12)11-4-2-3-5-11/h8,10-11,14,16H,2-7,9H2,1H3. The highest BCUT2D eigenvalue weighted by Crippen LogP contribution is 2.35. The van der Waals surface area contributed by atoms with Crippen LogP contribution in [0.25, 0.3) is 0 Å². The summed E-state index contributed by atoms with van der Waals surface area (Å²) in [6.07, 6.45) is 7.39. The van der Waals surface area contributed by atoms with E-state index in [9.17, 15) is 0 Å². The molecule has 1 saturated carbocycles. The van der Waals surface area contributed by atoms with Crippen molar-refractivity contribution >= 4 is 11.3 Å². The van der Waals surface area contributed by atoms with E-state index in [4.69, 9.17) is 5.11 Å². The molecule has 1 unspecified atom stereocenters. The average Bonchev–Trinajstić information content (AvgIpc) is 2.98. The number of aliphatic hydroxyl groups excluding tert-OH is 1. The van der Waals surface area contributed by atoms with Crippen LogP contribution in [0.2, 0.25) is 0 Å². The fourth-order valence-corrected chi connectivity index (χ4v) is 3.33. The summed E-state index contributed by atoms with van der Waals surface area (Å²) >= 11 is 1.85. The fourth-order valence-electron chi connectivity index (χ4n) is 2.27. The van der Waals surface area contributed by atoms with E-state index in [1.54, 1.807) is 0 Å². The number of hydrogen-bond donors (Lipinski definition) is 2. The van der Waals surface area contributed by atoms with Crippen LogP contribution in [0.3, 0.4) is 0 Å². The van der Waals surface area contributed by atoms with Gasteiger partial charge in [0.2, 0.25) is 0 Å². The first-order valence-corrected chi connectivity index (χ1v) is 7.37. The normalized spacial score (nSPS) is 18.7.